The van der Waals surface area contributed by atoms with Gasteiger partial charge in [-0.1, -0.05) is 35.0 Å². The molecule has 1 aromatic carbocycles. The Kier molecular flexibility index (Phi) is 8.88. The first-order valence-corrected chi connectivity index (χ1v) is 14.3. The average Bonchev–Trinajstić information content (AvgIpc) is 3.53. The molecule has 3 saturated heterocycles. The van der Waals surface area contributed by atoms with Crippen molar-refractivity contribution in [3.63, 3.8) is 0 Å². The van der Waals surface area contributed by atoms with Crippen molar-refractivity contribution >= 4 is 39.3 Å². The van der Waals surface area contributed by atoms with Crippen LogP contribution < -0.4 is 9.64 Å². The highest BCUT2D eigenvalue weighted by atomic mass is 79.9. The summed E-state index contributed by atoms with van der Waals surface area (Å²) in [4.78, 5) is 47.1. The van der Waals surface area contributed by atoms with E-state index in [0.717, 1.165) is 6.42 Å². The Hall–Kier alpha value is -2.69. The van der Waals surface area contributed by atoms with Gasteiger partial charge in [0.1, 0.15) is 17.4 Å². The second-order valence-electron chi connectivity index (χ2n) is 10.4. The van der Waals surface area contributed by atoms with Crippen molar-refractivity contribution in [2.24, 2.45) is 11.8 Å². The molecule has 0 aliphatic carbocycles. The average molecular weight is 605 g/mol. The molecule has 39 heavy (non-hydrogen) atoms. The number of rotatable bonds is 12. The Morgan fingerprint density at radius 1 is 1.26 bits per heavy atom. The number of hydrogen-bond donors (Lipinski definition) is 1. The Labute approximate surface area is 238 Å². The van der Waals surface area contributed by atoms with E-state index in [0.29, 0.717) is 30.9 Å². The van der Waals surface area contributed by atoms with Gasteiger partial charge in [-0.3, -0.25) is 14.4 Å². The molecule has 0 radical (unpaired) electrons. The SMILES string of the molecule is C=CCN(CCC)C(=O)[C@H]1[C@@H]2OC3(CC2Br)C(C(=O)N(CC=C)c2ccc(OC)cc2)N([C@H](C)CO)C(=O)[C@H]13. The molecule has 1 N–H and O–H groups in total. The minimum absolute atomic E-state index is 0.172. The predicted octanol–water partition coefficient (Wildman–Crippen LogP) is 2.77. The van der Waals surface area contributed by atoms with Gasteiger partial charge in [0, 0.05) is 30.1 Å². The van der Waals surface area contributed by atoms with Crippen LogP contribution in [-0.4, -0.2) is 94.6 Å². The molecule has 0 aromatic heterocycles. The number of nitrogens with zero attached hydrogens (tertiary/aromatic N) is 3. The Morgan fingerprint density at radius 3 is 2.49 bits per heavy atom. The van der Waals surface area contributed by atoms with Gasteiger partial charge in [0.15, 0.2) is 0 Å². The summed E-state index contributed by atoms with van der Waals surface area (Å²) in [6.45, 7) is 12.1. The topological polar surface area (TPSA) is 99.6 Å². The fourth-order valence-electron chi connectivity index (χ4n) is 6.48. The van der Waals surface area contributed by atoms with Crippen molar-refractivity contribution in [2.75, 3.05) is 38.3 Å². The summed E-state index contributed by atoms with van der Waals surface area (Å²) >= 11 is 3.71. The number of carbonyl (C=O) groups excluding carboxylic acids is 3. The standard InChI is InChI=1S/C29H38BrN3O6/c1-6-13-31(14-7-2)26(35)22-23-27(36)33(18(4)17-34)25(29(23)16-21(30)24(22)39-29)28(37)32(15-8-3)19-9-11-20(38-5)12-10-19/h6,8-12,18,21-25,34H,1,3,7,13-17H2,2,4-5H3/t18-,21?,22-,23+,24-,25?,29?/m1/s1. The third kappa shape index (κ3) is 4.80. The second-order valence-corrected chi connectivity index (χ2v) is 11.6. The van der Waals surface area contributed by atoms with Crippen LogP contribution in [0.15, 0.2) is 49.6 Å². The van der Waals surface area contributed by atoms with Crippen LogP contribution in [-0.2, 0) is 19.1 Å². The summed E-state index contributed by atoms with van der Waals surface area (Å²) in [7, 11) is 1.57. The van der Waals surface area contributed by atoms with E-state index in [-0.39, 0.29) is 35.7 Å². The smallest absolute Gasteiger partial charge is 0.253 e. The molecule has 9 nitrogen and oxygen atoms in total. The molecular formula is C29H38BrN3O6. The molecule has 2 bridgehead atoms. The van der Waals surface area contributed by atoms with Gasteiger partial charge in [0.2, 0.25) is 11.8 Å². The molecule has 7 atom stereocenters. The molecule has 3 unspecified atom stereocenters. The number of anilines is 1. The number of alkyl halides is 1. The van der Waals surface area contributed by atoms with Gasteiger partial charge in [0.05, 0.1) is 37.7 Å². The van der Waals surface area contributed by atoms with Crippen LogP contribution in [0.3, 0.4) is 0 Å². The molecule has 1 spiro atoms. The second kappa shape index (κ2) is 11.8. The predicted molar refractivity (Wildman–Crippen MR) is 152 cm³/mol. The number of hydrogen-bond acceptors (Lipinski definition) is 6. The lowest BCUT2D eigenvalue weighted by Gasteiger charge is -2.38. The van der Waals surface area contributed by atoms with E-state index in [4.69, 9.17) is 9.47 Å². The summed E-state index contributed by atoms with van der Waals surface area (Å²) < 4.78 is 11.9. The first-order chi connectivity index (χ1) is 18.7. The monoisotopic (exact) mass is 603 g/mol. The normalized spacial score (nSPS) is 29.6. The van der Waals surface area contributed by atoms with Gasteiger partial charge in [-0.2, -0.15) is 0 Å². The highest BCUT2D eigenvalue weighted by Gasteiger charge is 2.77. The minimum atomic E-state index is -1.21. The maximum absolute atomic E-state index is 14.5. The Morgan fingerprint density at radius 2 is 1.92 bits per heavy atom. The van der Waals surface area contributed by atoms with Crippen LogP contribution in [0.4, 0.5) is 5.69 Å². The first kappa shape index (κ1) is 29.3. The Bertz CT molecular complexity index is 1110. The number of methoxy groups -OCH3 is 1. The zero-order valence-corrected chi connectivity index (χ0v) is 24.4. The number of ether oxygens (including phenoxy) is 2. The zero-order chi connectivity index (χ0) is 28.5. The van der Waals surface area contributed by atoms with Crippen molar-refractivity contribution in [1.82, 2.24) is 9.80 Å². The van der Waals surface area contributed by atoms with E-state index >= 15 is 0 Å². The molecule has 0 saturated carbocycles. The van der Waals surface area contributed by atoms with Crippen molar-refractivity contribution < 1.29 is 29.0 Å². The molecule has 3 aliphatic heterocycles. The lowest BCUT2D eigenvalue weighted by molar-refractivity contribution is -0.147. The lowest BCUT2D eigenvalue weighted by atomic mass is 9.70. The number of halogens is 1. The highest BCUT2D eigenvalue weighted by Crippen LogP contribution is 2.60. The van der Waals surface area contributed by atoms with Crippen LogP contribution in [0.25, 0.3) is 0 Å². The van der Waals surface area contributed by atoms with Gasteiger partial charge in [-0.15, -0.1) is 13.2 Å². The number of amides is 3. The minimum Gasteiger partial charge on any atom is -0.497 e. The summed E-state index contributed by atoms with van der Waals surface area (Å²) in [6.07, 6.45) is 3.90. The van der Waals surface area contributed by atoms with Gasteiger partial charge in [-0.05, 0) is 44.0 Å². The molecule has 3 heterocycles. The van der Waals surface area contributed by atoms with Crippen molar-refractivity contribution in [3.8, 4) is 5.75 Å². The quantitative estimate of drug-likeness (QED) is 0.291. The molecular weight excluding hydrogens is 566 g/mol. The maximum Gasteiger partial charge on any atom is 0.253 e. The Balaban J connectivity index is 1.80. The van der Waals surface area contributed by atoms with E-state index in [9.17, 15) is 19.5 Å². The number of aliphatic hydroxyl groups excluding tert-OH is 1. The molecule has 3 aliphatic rings. The molecule has 3 fully saturated rings. The maximum atomic E-state index is 14.5. The van der Waals surface area contributed by atoms with Crippen molar-refractivity contribution in [3.05, 3.63) is 49.6 Å². The third-order valence-electron chi connectivity index (χ3n) is 8.10. The zero-order valence-electron chi connectivity index (χ0n) is 22.8. The van der Waals surface area contributed by atoms with Crippen molar-refractivity contribution in [1.29, 1.82) is 0 Å². The fourth-order valence-corrected chi connectivity index (χ4v) is 7.42. The number of carbonyl (C=O) groups is 3. The summed E-state index contributed by atoms with van der Waals surface area (Å²) in [5.74, 6) is -1.79. The number of benzene rings is 1. The van der Waals surface area contributed by atoms with Gasteiger partial charge >= 0.3 is 0 Å². The molecule has 10 heteroatoms. The van der Waals surface area contributed by atoms with Crippen LogP contribution in [0, 0.1) is 11.8 Å². The number of likely N-dealkylation sites (tertiary alicyclic amines) is 1. The summed E-state index contributed by atoms with van der Waals surface area (Å²) in [5, 5.41) is 10.1. The largest absolute Gasteiger partial charge is 0.497 e. The van der Waals surface area contributed by atoms with Gasteiger partial charge in [0.25, 0.3) is 5.91 Å². The summed E-state index contributed by atoms with van der Waals surface area (Å²) in [5.41, 5.74) is -0.602. The van der Waals surface area contributed by atoms with E-state index in [2.05, 4.69) is 29.1 Å². The molecule has 1 aromatic rings. The molecule has 4 rings (SSSR count). The van der Waals surface area contributed by atoms with Crippen molar-refractivity contribution in [2.45, 2.75) is 55.3 Å². The van der Waals surface area contributed by atoms with Gasteiger partial charge < -0.3 is 29.3 Å². The third-order valence-corrected chi connectivity index (χ3v) is 8.95. The lowest BCUT2D eigenvalue weighted by Crippen LogP contribution is -2.59. The fraction of sp³-hybridized carbons (Fsp3) is 0.552. The van der Waals surface area contributed by atoms with E-state index < -0.39 is 35.6 Å². The highest BCUT2D eigenvalue weighted by molar-refractivity contribution is 9.09. The van der Waals surface area contributed by atoms with Crippen LogP contribution in [0.5, 0.6) is 5.75 Å². The van der Waals surface area contributed by atoms with Crippen LogP contribution in [0.2, 0.25) is 0 Å². The van der Waals surface area contributed by atoms with E-state index in [1.54, 1.807) is 60.3 Å². The summed E-state index contributed by atoms with van der Waals surface area (Å²) in [6, 6.07) is 5.39. The van der Waals surface area contributed by atoms with Crippen LogP contribution >= 0.6 is 15.9 Å². The molecule has 3 amide bonds. The van der Waals surface area contributed by atoms with E-state index in [1.807, 2.05) is 6.92 Å². The van der Waals surface area contributed by atoms with Gasteiger partial charge in [-0.25, -0.2) is 0 Å². The van der Waals surface area contributed by atoms with E-state index in [1.165, 1.54) is 4.90 Å². The first-order valence-electron chi connectivity index (χ1n) is 13.4. The number of aliphatic hydroxyl groups is 1. The molecule has 212 valence electrons. The van der Waals surface area contributed by atoms with Crippen LogP contribution in [0.1, 0.15) is 26.7 Å². The number of fused-ring (bicyclic) bond motifs is 1.